The van der Waals surface area contributed by atoms with Crippen LogP contribution in [0.25, 0.3) is 0 Å². The molecule has 0 saturated carbocycles. The Labute approximate surface area is 514 Å². The first-order chi connectivity index (χ1) is 40.5. The molecule has 0 saturated heterocycles. The Morgan fingerprint density at radius 2 is 0.329 bits per heavy atom. The van der Waals surface area contributed by atoms with Crippen molar-refractivity contribution < 1.29 is 28.6 Å². The molecule has 0 aromatic heterocycles. The first-order valence-corrected chi connectivity index (χ1v) is 38.0. The Bertz CT molecular complexity index is 1240. The van der Waals surface area contributed by atoms with Gasteiger partial charge in [0, 0.05) is 19.3 Å². The van der Waals surface area contributed by atoms with E-state index in [1.165, 1.54) is 353 Å². The minimum atomic E-state index is -0.762. The van der Waals surface area contributed by atoms with Crippen molar-refractivity contribution in [2.45, 2.75) is 457 Å². The van der Waals surface area contributed by atoms with Gasteiger partial charge in [-0.3, -0.25) is 14.4 Å². The highest BCUT2D eigenvalue weighted by molar-refractivity contribution is 5.71. The maximum Gasteiger partial charge on any atom is 0.306 e. The van der Waals surface area contributed by atoms with Gasteiger partial charge < -0.3 is 14.2 Å². The van der Waals surface area contributed by atoms with Crippen molar-refractivity contribution in [1.82, 2.24) is 0 Å². The third-order valence-electron chi connectivity index (χ3n) is 17.9. The second-order valence-corrected chi connectivity index (χ2v) is 26.3. The summed E-state index contributed by atoms with van der Waals surface area (Å²) in [5.74, 6) is -0.835. The van der Waals surface area contributed by atoms with Gasteiger partial charge in [0.25, 0.3) is 0 Å². The summed E-state index contributed by atoms with van der Waals surface area (Å²) >= 11 is 0. The summed E-state index contributed by atoms with van der Waals surface area (Å²) in [5.41, 5.74) is 0. The molecule has 6 heteroatoms. The van der Waals surface area contributed by atoms with Gasteiger partial charge in [0.05, 0.1) is 0 Å². The number of rotatable bonds is 72. The van der Waals surface area contributed by atoms with E-state index in [9.17, 15) is 14.4 Å². The van der Waals surface area contributed by atoms with Gasteiger partial charge in [0.1, 0.15) is 13.2 Å². The molecule has 0 aliphatic carbocycles. The summed E-state index contributed by atoms with van der Waals surface area (Å²) < 4.78 is 16.9. The molecule has 0 aliphatic heterocycles. The minimum Gasteiger partial charge on any atom is -0.462 e. The monoisotopic (exact) mass is 1160 g/mol. The number of unbranched alkanes of at least 4 members (excludes halogenated alkanes) is 61. The van der Waals surface area contributed by atoms with Crippen molar-refractivity contribution in [3.8, 4) is 0 Å². The average Bonchev–Trinajstić information content (AvgIpc) is 3.47. The molecule has 488 valence electrons. The first-order valence-electron chi connectivity index (χ1n) is 38.0. The molecule has 0 aromatic rings. The van der Waals surface area contributed by atoms with Crippen LogP contribution in [0, 0.1) is 0 Å². The van der Waals surface area contributed by atoms with Crippen LogP contribution in [0.1, 0.15) is 451 Å². The second kappa shape index (κ2) is 71.9. The van der Waals surface area contributed by atoms with Gasteiger partial charge in [-0.25, -0.2) is 0 Å². The van der Waals surface area contributed by atoms with E-state index in [4.69, 9.17) is 14.2 Å². The number of carbonyl (C=O) groups is 3. The van der Waals surface area contributed by atoms with Crippen LogP contribution in [0.3, 0.4) is 0 Å². The van der Waals surface area contributed by atoms with E-state index in [2.05, 4.69) is 20.8 Å². The standard InChI is InChI=1S/C76H148O6/c1-4-7-10-13-16-18-20-22-24-26-28-30-32-33-34-35-36-37-38-39-40-41-42-43-45-46-48-50-52-54-56-58-60-63-66-69-75(78)81-72-73(71-80-74(77)68-65-62-15-12-9-6-3)82-76(79)70-67-64-61-59-57-55-53-51-49-47-44-31-29-27-25-23-21-19-17-14-11-8-5-2/h73H,4-72H2,1-3H3. The maximum atomic E-state index is 12.9. The molecule has 0 N–H and O–H groups in total. The van der Waals surface area contributed by atoms with E-state index in [0.29, 0.717) is 19.3 Å². The van der Waals surface area contributed by atoms with E-state index in [1.54, 1.807) is 0 Å². The summed E-state index contributed by atoms with van der Waals surface area (Å²) in [7, 11) is 0. The Kier molecular flexibility index (Phi) is 70.5. The van der Waals surface area contributed by atoms with Crippen LogP contribution in [0.15, 0.2) is 0 Å². The highest BCUT2D eigenvalue weighted by Gasteiger charge is 2.20. The summed E-state index contributed by atoms with van der Waals surface area (Å²) in [6.07, 6.45) is 86.5. The molecule has 6 nitrogen and oxygen atoms in total. The smallest absolute Gasteiger partial charge is 0.306 e. The van der Waals surface area contributed by atoms with E-state index in [1.807, 2.05) is 0 Å². The lowest BCUT2D eigenvalue weighted by Gasteiger charge is -2.18. The van der Waals surface area contributed by atoms with Crippen molar-refractivity contribution in [2.24, 2.45) is 0 Å². The van der Waals surface area contributed by atoms with Gasteiger partial charge in [-0.2, -0.15) is 0 Å². The molecule has 1 unspecified atom stereocenters. The number of hydrogen-bond acceptors (Lipinski definition) is 6. The normalized spacial score (nSPS) is 11.9. The summed E-state index contributed by atoms with van der Waals surface area (Å²) in [6, 6.07) is 0. The molecule has 0 fully saturated rings. The van der Waals surface area contributed by atoms with Gasteiger partial charge in [0.15, 0.2) is 6.10 Å². The van der Waals surface area contributed by atoms with E-state index >= 15 is 0 Å². The van der Waals surface area contributed by atoms with Gasteiger partial charge in [-0.15, -0.1) is 0 Å². The maximum absolute atomic E-state index is 12.9. The molecule has 0 radical (unpaired) electrons. The second-order valence-electron chi connectivity index (χ2n) is 26.3. The molecule has 0 spiro atoms. The third kappa shape index (κ3) is 69.2. The zero-order valence-electron chi connectivity index (χ0n) is 56.3. The number of hydrogen-bond donors (Lipinski definition) is 0. The zero-order valence-corrected chi connectivity index (χ0v) is 56.3. The van der Waals surface area contributed by atoms with E-state index in [0.717, 1.165) is 57.8 Å². The summed E-state index contributed by atoms with van der Waals surface area (Å²) in [6.45, 7) is 6.68. The number of carbonyl (C=O) groups excluding carboxylic acids is 3. The van der Waals surface area contributed by atoms with Crippen LogP contribution < -0.4 is 0 Å². The zero-order chi connectivity index (χ0) is 59.2. The third-order valence-corrected chi connectivity index (χ3v) is 17.9. The van der Waals surface area contributed by atoms with E-state index < -0.39 is 6.10 Å². The van der Waals surface area contributed by atoms with Crippen LogP contribution in [0.4, 0.5) is 0 Å². The lowest BCUT2D eigenvalue weighted by atomic mass is 10.0. The molecule has 0 rings (SSSR count). The van der Waals surface area contributed by atoms with Crippen molar-refractivity contribution in [2.75, 3.05) is 13.2 Å². The fraction of sp³-hybridized carbons (Fsp3) is 0.961. The van der Waals surface area contributed by atoms with Crippen molar-refractivity contribution in [3.05, 3.63) is 0 Å². The fourth-order valence-corrected chi connectivity index (χ4v) is 12.2. The molecule has 0 amide bonds. The van der Waals surface area contributed by atoms with Crippen molar-refractivity contribution >= 4 is 17.9 Å². The Balaban J connectivity index is 3.86. The molecular weight excluding hydrogens is 1010 g/mol. The Hall–Kier alpha value is -1.59. The SMILES string of the molecule is CCCCCCCCCCCCCCCCCCCCCCCCCCCCCCCCCCCCCC(=O)OCC(COC(=O)CCCCCCCC)OC(=O)CCCCCCCCCCCCCCCCCCCCCCCCC. The summed E-state index contributed by atoms with van der Waals surface area (Å²) in [5, 5.41) is 0. The van der Waals surface area contributed by atoms with Crippen LogP contribution in [-0.4, -0.2) is 37.2 Å². The van der Waals surface area contributed by atoms with Gasteiger partial charge in [-0.05, 0) is 19.3 Å². The molecular formula is C76H148O6. The topological polar surface area (TPSA) is 78.9 Å². The predicted molar refractivity (Wildman–Crippen MR) is 358 cm³/mol. The van der Waals surface area contributed by atoms with Crippen molar-refractivity contribution in [1.29, 1.82) is 0 Å². The molecule has 0 aromatic carbocycles. The van der Waals surface area contributed by atoms with Gasteiger partial charge in [0.2, 0.25) is 0 Å². The predicted octanol–water partition coefficient (Wildman–Crippen LogP) is 26.2. The Morgan fingerprint density at radius 3 is 0.488 bits per heavy atom. The minimum absolute atomic E-state index is 0.0616. The fourth-order valence-electron chi connectivity index (χ4n) is 12.2. The molecule has 0 aliphatic rings. The summed E-state index contributed by atoms with van der Waals surface area (Å²) in [4.78, 5) is 38.1. The van der Waals surface area contributed by atoms with Crippen LogP contribution in [-0.2, 0) is 28.6 Å². The molecule has 0 bridgehead atoms. The van der Waals surface area contributed by atoms with Gasteiger partial charge >= 0.3 is 17.9 Å². The quantitative estimate of drug-likeness (QED) is 0.0343. The highest BCUT2D eigenvalue weighted by Crippen LogP contribution is 2.20. The molecule has 1 atom stereocenters. The Morgan fingerprint density at radius 1 is 0.195 bits per heavy atom. The number of ether oxygens (including phenoxy) is 3. The average molecular weight is 1160 g/mol. The van der Waals surface area contributed by atoms with Gasteiger partial charge in [-0.1, -0.05) is 412 Å². The van der Waals surface area contributed by atoms with Crippen LogP contribution in [0.2, 0.25) is 0 Å². The van der Waals surface area contributed by atoms with Crippen LogP contribution in [0.5, 0.6) is 0 Å². The number of esters is 3. The lowest BCUT2D eigenvalue weighted by Crippen LogP contribution is -2.30. The largest absolute Gasteiger partial charge is 0.462 e. The van der Waals surface area contributed by atoms with Crippen molar-refractivity contribution in [3.63, 3.8) is 0 Å². The first kappa shape index (κ1) is 80.4. The highest BCUT2D eigenvalue weighted by atomic mass is 16.6. The molecule has 0 heterocycles. The molecule has 82 heavy (non-hydrogen) atoms. The van der Waals surface area contributed by atoms with E-state index in [-0.39, 0.29) is 31.1 Å². The lowest BCUT2D eigenvalue weighted by molar-refractivity contribution is -0.167. The van der Waals surface area contributed by atoms with Crippen LogP contribution >= 0.6 is 0 Å².